The van der Waals surface area contributed by atoms with Crippen molar-refractivity contribution >= 4 is 5.97 Å². The van der Waals surface area contributed by atoms with E-state index in [9.17, 15) is 4.79 Å². The minimum absolute atomic E-state index is 0.164. The van der Waals surface area contributed by atoms with Crippen LogP contribution in [0.5, 0.6) is 5.75 Å². The lowest BCUT2D eigenvalue weighted by Gasteiger charge is -2.29. The number of ether oxygens (including phenoxy) is 1. The Morgan fingerprint density at radius 3 is 2.04 bits per heavy atom. The van der Waals surface area contributed by atoms with E-state index in [0.29, 0.717) is 12.2 Å². The summed E-state index contributed by atoms with van der Waals surface area (Å²) in [4.78, 5) is 11.6. The first-order chi connectivity index (χ1) is 13.5. The molecule has 2 aromatic carbocycles. The Hall–Kier alpha value is -2.09. The minimum Gasteiger partial charge on any atom is -0.427 e. The van der Waals surface area contributed by atoms with E-state index in [2.05, 4.69) is 38.1 Å². The van der Waals surface area contributed by atoms with Gasteiger partial charge in [-0.25, -0.2) is 0 Å². The van der Waals surface area contributed by atoms with Crippen molar-refractivity contribution in [3.05, 3.63) is 54.1 Å². The molecule has 0 bridgehead atoms. The number of carbonyl (C=O) groups is 1. The van der Waals surface area contributed by atoms with Gasteiger partial charge in [-0.3, -0.25) is 4.79 Å². The molecular formula is C26H34O2. The predicted octanol–water partition coefficient (Wildman–Crippen LogP) is 7.38. The third-order valence-corrected chi connectivity index (χ3v) is 5.91. The van der Waals surface area contributed by atoms with Gasteiger partial charge in [-0.2, -0.15) is 0 Å². The Balaban J connectivity index is 1.58. The lowest BCUT2D eigenvalue weighted by molar-refractivity contribution is -0.134. The van der Waals surface area contributed by atoms with Gasteiger partial charge in [-0.1, -0.05) is 57.2 Å². The van der Waals surface area contributed by atoms with Crippen LogP contribution in [-0.2, 0) is 4.79 Å². The van der Waals surface area contributed by atoms with Crippen LogP contribution in [0.15, 0.2) is 48.5 Å². The molecule has 1 saturated carbocycles. The number of carbonyl (C=O) groups excluding carboxylic acids is 1. The van der Waals surface area contributed by atoms with Crippen LogP contribution in [0.3, 0.4) is 0 Å². The average molecular weight is 379 g/mol. The van der Waals surface area contributed by atoms with E-state index in [1.165, 1.54) is 43.2 Å². The van der Waals surface area contributed by atoms with Crippen LogP contribution in [0.1, 0.15) is 77.2 Å². The van der Waals surface area contributed by atoms with E-state index in [-0.39, 0.29) is 5.97 Å². The van der Waals surface area contributed by atoms with Crippen LogP contribution < -0.4 is 4.74 Å². The summed E-state index contributed by atoms with van der Waals surface area (Å²) in [5, 5.41) is 0. The second-order valence-electron chi connectivity index (χ2n) is 8.72. The number of hydrogen-bond acceptors (Lipinski definition) is 2. The van der Waals surface area contributed by atoms with Crippen LogP contribution in [0, 0.1) is 11.8 Å². The molecule has 2 nitrogen and oxygen atoms in total. The monoisotopic (exact) mass is 378 g/mol. The van der Waals surface area contributed by atoms with Gasteiger partial charge in [0.05, 0.1) is 0 Å². The molecule has 28 heavy (non-hydrogen) atoms. The summed E-state index contributed by atoms with van der Waals surface area (Å²) >= 11 is 0. The molecular weight excluding hydrogens is 344 g/mol. The van der Waals surface area contributed by atoms with Crippen LogP contribution >= 0.6 is 0 Å². The van der Waals surface area contributed by atoms with Crippen molar-refractivity contribution in [2.24, 2.45) is 11.8 Å². The molecule has 0 spiro atoms. The highest BCUT2D eigenvalue weighted by Crippen LogP contribution is 2.38. The molecule has 3 rings (SSSR count). The first kappa shape index (κ1) is 20.6. The SMILES string of the molecule is CCCC(=O)Oc1ccc(-c2ccc(C3CCC(CC(C)C)CC3)cc2)cc1. The second-order valence-corrected chi connectivity index (χ2v) is 8.72. The second kappa shape index (κ2) is 9.91. The van der Waals surface area contributed by atoms with Gasteiger partial charge in [0, 0.05) is 6.42 Å². The van der Waals surface area contributed by atoms with Crippen LogP contribution in [-0.4, -0.2) is 5.97 Å². The van der Waals surface area contributed by atoms with Crippen molar-refractivity contribution in [3.8, 4) is 16.9 Å². The lowest BCUT2D eigenvalue weighted by Crippen LogP contribution is -2.14. The Kier molecular flexibility index (Phi) is 7.30. The van der Waals surface area contributed by atoms with Gasteiger partial charge in [0.1, 0.15) is 5.75 Å². The molecule has 0 heterocycles. The van der Waals surface area contributed by atoms with Crippen molar-refractivity contribution in [1.29, 1.82) is 0 Å². The number of hydrogen-bond donors (Lipinski definition) is 0. The number of rotatable bonds is 7. The molecule has 0 aliphatic heterocycles. The lowest BCUT2D eigenvalue weighted by atomic mass is 9.76. The highest BCUT2D eigenvalue weighted by Gasteiger charge is 2.22. The van der Waals surface area contributed by atoms with E-state index < -0.39 is 0 Å². The highest BCUT2D eigenvalue weighted by atomic mass is 16.5. The van der Waals surface area contributed by atoms with Crippen molar-refractivity contribution in [2.45, 2.75) is 71.6 Å². The molecule has 0 radical (unpaired) electrons. The van der Waals surface area contributed by atoms with Crippen molar-refractivity contribution in [1.82, 2.24) is 0 Å². The molecule has 1 aliphatic carbocycles. The summed E-state index contributed by atoms with van der Waals surface area (Å²) in [6.45, 7) is 6.66. The van der Waals surface area contributed by atoms with Crippen LogP contribution in [0.2, 0.25) is 0 Å². The van der Waals surface area contributed by atoms with Crippen molar-refractivity contribution < 1.29 is 9.53 Å². The fraction of sp³-hybridized carbons (Fsp3) is 0.500. The molecule has 0 amide bonds. The van der Waals surface area contributed by atoms with Gasteiger partial charge < -0.3 is 4.74 Å². The molecule has 0 unspecified atom stereocenters. The summed E-state index contributed by atoms with van der Waals surface area (Å²) in [7, 11) is 0. The summed E-state index contributed by atoms with van der Waals surface area (Å²) in [6.07, 6.45) is 8.06. The van der Waals surface area contributed by atoms with Crippen LogP contribution in [0.25, 0.3) is 11.1 Å². The summed E-state index contributed by atoms with van der Waals surface area (Å²) in [5.41, 5.74) is 3.85. The average Bonchev–Trinajstić information content (AvgIpc) is 2.69. The van der Waals surface area contributed by atoms with Gasteiger partial charge in [-0.15, -0.1) is 0 Å². The molecule has 1 aliphatic rings. The maximum absolute atomic E-state index is 11.6. The largest absolute Gasteiger partial charge is 0.427 e. The topological polar surface area (TPSA) is 26.3 Å². The quantitative estimate of drug-likeness (QED) is 0.371. The number of benzene rings is 2. The van der Waals surface area contributed by atoms with E-state index in [1.807, 2.05) is 31.2 Å². The molecule has 1 fully saturated rings. The zero-order valence-corrected chi connectivity index (χ0v) is 17.6. The Morgan fingerprint density at radius 2 is 1.50 bits per heavy atom. The van der Waals surface area contributed by atoms with Gasteiger partial charge in [0.15, 0.2) is 0 Å². The summed E-state index contributed by atoms with van der Waals surface area (Å²) < 4.78 is 5.34. The predicted molar refractivity (Wildman–Crippen MR) is 117 cm³/mol. The maximum Gasteiger partial charge on any atom is 0.311 e. The number of esters is 1. The van der Waals surface area contributed by atoms with Crippen LogP contribution in [0.4, 0.5) is 0 Å². The minimum atomic E-state index is -0.164. The molecule has 2 heteroatoms. The summed E-state index contributed by atoms with van der Waals surface area (Å²) in [6, 6.07) is 16.9. The highest BCUT2D eigenvalue weighted by molar-refractivity contribution is 5.73. The van der Waals surface area contributed by atoms with Gasteiger partial charge in [-0.05, 0) is 85.1 Å². The standard InChI is InChI=1S/C26H34O2/c1-4-5-26(27)28-25-16-14-24(15-17-25)23-12-10-22(11-13-23)21-8-6-20(7-9-21)18-19(2)3/h10-17,19-21H,4-9,18H2,1-3H3. The molecule has 150 valence electrons. The van der Waals surface area contributed by atoms with Gasteiger partial charge in [0.2, 0.25) is 0 Å². The Bertz CT molecular complexity index is 735. The summed E-state index contributed by atoms with van der Waals surface area (Å²) in [5.74, 6) is 2.93. The van der Waals surface area contributed by atoms with Crippen molar-refractivity contribution in [2.75, 3.05) is 0 Å². The van der Waals surface area contributed by atoms with E-state index >= 15 is 0 Å². The molecule has 0 saturated heterocycles. The molecule has 0 N–H and O–H groups in total. The van der Waals surface area contributed by atoms with E-state index in [0.717, 1.165) is 29.7 Å². The fourth-order valence-electron chi connectivity index (χ4n) is 4.45. The zero-order valence-electron chi connectivity index (χ0n) is 17.6. The first-order valence-electron chi connectivity index (χ1n) is 11.0. The molecule has 2 aromatic rings. The van der Waals surface area contributed by atoms with Gasteiger partial charge >= 0.3 is 5.97 Å². The van der Waals surface area contributed by atoms with Gasteiger partial charge in [0.25, 0.3) is 0 Å². The third-order valence-electron chi connectivity index (χ3n) is 5.91. The zero-order chi connectivity index (χ0) is 19.9. The molecule has 0 atom stereocenters. The normalized spacial score (nSPS) is 19.6. The third kappa shape index (κ3) is 5.70. The smallest absolute Gasteiger partial charge is 0.311 e. The maximum atomic E-state index is 11.6. The van der Waals surface area contributed by atoms with Crippen molar-refractivity contribution in [3.63, 3.8) is 0 Å². The van der Waals surface area contributed by atoms with E-state index in [1.54, 1.807) is 0 Å². The first-order valence-corrected chi connectivity index (χ1v) is 11.0. The van der Waals surface area contributed by atoms with E-state index in [4.69, 9.17) is 4.74 Å². The Morgan fingerprint density at radius 1 is 0.929 bits per heavy atom. The Labute approximate surface area is 170 Å². The molecule has 0 aromatic heterocycles. The fourth-order valence-corrected chi connectivity index (χ4v) is 4.45.